The zero-order valence-corrected chi connectivity index (χ0v) is 28.4. The number of carbonyl (C=O) groups is 3. The number of rotatable bonds is 12. The molecule has 1 aromatic carbocycles. The number of hydrogen-bond acceptors (Lipinski definition) is 7. The van der Waals surface area contributed by atoms with E-state index in [1.165, 1.54) is 0 Å². The Labute approximate surface area is 278 Å². The van der Waals surface area contributed by atoms with E-state index in [9.17, 15) is 14.4 Å². The lowest BCUT2D eigenvalue weighted by atomic mass is 9.89. The molecule has 0 aromatic heterocycles. The van der Waals surface area contributed by atoms with E-state index in [4.69, 9.17) is 21.1 Å². The largest absolute Gasteiger partial charge is 0.462 e. The van der Waals surface area contributed by atoms with E-state index >= 15 is 0 Å². The number of halogens is 1. The fourth-order valence-corrected chi connectivity index (χ4v) is 5.98. The summed E-state index contributed by atoms with van der Waals surface area (Å²) in [6, 6.07) is 5.96. The molecule has 2 heterocycles. The minimum Gasteiger partial charge on any atom is -0.462 e. The molecule has 1 aliphatic carbocycles. The topological polar surface area (TPSA) is 100 Å². The van der Waals surface area contributed by atoms with Gasteiger partial charge in [-0.25, -0.2) is 4.79 Å². The molecule has 9 nitrogen and oxygen atoms in total. The van der Waals surface area contributed by atoms with Gasteiger partial charge in [-0.1, -0.05) is 35.9 Å². The number of benzene rings is 1. The van der Waals surface area contributed by atoms with Crippen LogP contribution in [0.15, 0.2) is 72.5 Å². The molecule has 10 heteroatoms. The lowest BCUT2D eigenvalue weighted by molar-refractivity contribution is -0.114. The van der Waals surface area contributed by atoms with Crippen LogP contribution in [0.25, 0.3) is 5.57 Å². The first kappa shape index (κ1) is 35.0. The zero-order valence-electron chi connectivity index (χ0n) is 27.6. The summed E-state index contributed by atoms with van der Waals surface area (Å²) in [5, 5.41) is 6.34. The van der Waals surface area contributed by atoms with Gasteiger partial charge in [-0.3, -0.25) is 14.5 Å². The van der Waals surface area contributed by atoms with Crippen LogP contribution in [0.2, 0.25) is 5.02 Å². The number of ether oxygens (including phenoxy) is 2. The third kappa shape index (κ3) is 10.4. The molecule has 3 aliphatic rings. The first-order chi connectivity index (χ1) is 21.9. The molecule has 248 valence electrons. The molecule has 2 aliphatic heterocycles. The van der Waals surface area contributed by atoms with Gasteiger partial charge in [0.15, 0.2) is 5.78 Å². The van der Waals surface area contributed by atoms with Crippen LogP contribution in [0.1, 0.15) is 82.6 Å². The number of nitrogens with one attached hydrogen (secondary N) is 2. The van der Waals surface area contributed by atoms with Crippen LogP contribution in [-0.2, 0) is 14.3 Å². The predicted molar refractivity (Wildman–Crippen MR) is 182 cm³/mol. The number of carbonyl (C=O) groups excluding carboxylic acids is 3. The summed E-state index contributed by atoms with van der Waals surface area (Å²) >= 11 is 6.35. The highest BCUT2D eigenvalue weighted by atomic mass is 35.5. The highest BCUT2D eigenvalue weighted by molar-refractivity contribution is 6.31. The summed E-state index contributed by atoms with van der Waals surface area (Å²) in [5.41, 5.74) is 3.00. The Morgan fingerprint density at radius 2 is 1.83 bits per heavy atom. The number of hydrogen-bond donors (Lipinski definition) is 2. The molecule has 1 aromatic rings. The quantitative estimate of drug-likeness (QED) is 0.242. The van der Waals surface area contributed by atoms with Crippen molar-refractivity contribution in [3.63, 3.8) is 0 Å². The average molecular weight is 651 g/mol. The highest BCUT2D eigenvalue weighted by Crippen LogP contribution is 2.33. The first-order valence-electron chi connectivity index (χ1n) is 16.1. The van der Waals surface area contributed by atoms with Crippen LogP contribution in [0.5, 0.6) is 0 Å². The molecule has 2 atom stereocenters. The molecule has 0 saturated heterocycles. The van der Waals surface area contributed by atoms with Crippen LogP contribution < -0.4 is 10.6 Å². The second kappa shape index (κ2) is 16.1. The Morgan fingerprint density at radius 3 is 2.54 bits per heavy atom. The van der Waals surface area contributed by atoms with Crippen LogP contribution in [0.3, 0.4) is 0 Å². The number of ketones is 1. The zero-order chi connectivity index (χ0) is 33.3. The smallest absolute Gasteiger partial charge is 0.407 e. The molecule has 2 N–H and O–H groups in total. The summed E-state index contributed by atoms with van der Waals surface area (Å²) in [4.78, 5) is 41.5. The van der Waals surface area contributed by atoms with E-state index < -0.39 is 11.7 Å². The molecule has 2 amide bonds. The second-order valence-corrected chi connectivity index (χ2v) is 13.4. The van der Waals surface area contributed by atoms with Gasteiger partial charge in [-0.05, 0) is 89.6 Å². The van der Waals surface area contributed by atoms with Gasteiger partial charge in [0, 0.05) is 73.2 Å². The summed E-state index contributed by atoms with van der Waals surface area (Å²) in [6.45, 7) is 12.6. The van der Waals surface area contributed by atoms with Gasteiger partial charge in [0.2, 0.25) is 0 Å². The van der Waals surface area contributed by atoms with Crippen molar-refractivity contribution < 1.29 is 23.9 Å². The fourth-order valence-electron chi connectivity index (χ4n) is 5.81. The van der Waals surface area contributed by atoms with Gasteiger partial charge in [0.05, 0.1) is 0 Å². The van der Waals surface area contributed by atoms with E-state index in [0.29, 0.717) is 35.9 Å². The monoisotopic (exact) mass is 650 g/mol. The fraction of sp³-hybridized carbons (Fsp3) is 0.472. The van der Waals surface area contributed by atoms with Crippen molar-refractivity contribution in [1.82, 2.24) is 20.4 Å². The maximum atomic E-state index is 13.3. The van der Waals surface area contributed by atoms with Gasteiger partial charge in [-0.2, -0.15) is 0 Å². The van der Waals surface area contributed by atoms with Crippen molar-refractivity contribution in [2.45, 2.75) is 84.4 Å². The summed E-state index contributed by atoms with van der Waals surface area (Å²) in [7, 11) is 0. The third-order valence-corrected chi connectivity index (χ3v) is 8.27. The number of unbranched alkanes of at least 4 members (excludes halogenated alkanes) is 2. The Kier molecular flexibility index (Phi) is 12.3. The average Bonchev–Trinajstić information content (AvgIpc) is 2.99. The number of alkyl carbamates (subject to hydrolysis) is 1. The van der Waals surface area contributed by atoms with Crippen LogP contribution >= 0.6 is 11.6 Å². The van der Waals surface area contributed by atoms with E-state index in [-0.39, 0.29) is 23.8 Å². The van der Waals surface area contributed by atoms with Gasteiger partial charge >= 0.3 is 6.09 Å². The molecule has 0 saturated carbocycles. The molecule has 2 unspecified atom stereocenters. The number of nitrogens with zero attached hydrogens (tertiary/aromatic N) is 2. The minimum absolute atomic E-state index is 0.0736. The van der Waals surface area contributed by atoms with Gasteiger partial charge in [0.25, 0.3) is 5.91 Å². The number of amides is 2. The molecule has 0 spiro atoms. The van der Waals surface area contributed by atoms with Crippen molar-refractivity contribution in [3.05, 3.63) is 88.6 Å². The Hall–Kier alpha value is -3.82. The molecular formula is C36H47ClN4O5. The number of allylic oxidation sites excluding steroid dienone is 4. The Bertz CT molecular complexity index is 1440. The third-order valence-electron chi connectivity index (χ3n) is 8.03. The van der Waals surface area contributed by atoms with Crippen molar-refractivity contribution >= 4 is 35.0 Å². The molecule has 4 rings (SSSR count). The van der Waals surface area contributed by atoms with Crippen molar-refractivity contribution in [1.29, 1.82) is 0 Å². The summed E-state index contributed by atoms with van der Waals surface area (Å²) < 4.78 is 11.0. The lowest BCUT2D eigenvalue weighted by Gasteiger charge is -2.39. The lowest BCUT2D eigenvalue weighted by Crippen LogP contribution is -2.45. The SMILES string of the molecule is CC1C=C(c2ccc(Cl)cc2C(=O)NCCCCCNC(=O)OC(C)(C)C)CC(C)N1CCN1C=COC(C2=CC=CC(=O)C2)=C1. The van der Waals surface area contributed by atoms with Gasteiger partial charge in [0.1, 0.15) is 17.6 Å². The molecule has 0 bridgehead atoms. The van der Waals surface area contributed by atoms with Crippen molar-refractivity contribution in [3.8, 4) is 0 Å². The van der Waals surface area contributed by atoms with Crippen molar-refractivity contribution in [2.75, 3.05) is 26.2 Å². The summed E-state index contributed by atoms with van der Waals surface area (Å²) in [6.07, 6.45) is 16.2. The summed E-state index contributed by atoms with van der Waals surface area (Å²) in [5.74, 6) is 0.635. The molecule has 0 fully saturated rings. The Balaban J connectivity index is 1.30. The van der Waals surface area contributed by atoms with E-state index in [1.54, 1.807) is 24.5 Å². The molecule has 46 heavy (non-hydrogen) atoms. The molecular weight excluding hydrogens is 604 g/mol. The maximum absolute atomic E-state index is 13.3. The first-order valence-corrected chi connectivity index (χ1v) is 16.5. The van der Waals surface area contributed by atoms with E-state index in [0.717, 1.165) is 55.5 Å². The Morgan fingerprint density at radius 1 is 1.07 bits per heavy atom. The van der Waals surface area contributed by atoms with E-state index in [2.05, 4.69) is 40.4 Å². The van der Waals surface area contributed by atoms with Crippen LogP contribution in [0, 0.1) is 0 Å². The van der Waals surface area contributed by atoms with Gasteiger partial charge in [-0.15, -0.1) is 0 Å². The van der Waals surface area contributed by atoms with Crippen LogP contribution in [0.4, 0.5) is 4.79 Å². The normalized spacial score (nSPS) is 20.0. The predicted octanol–water partition coefficient (Wildman–Crippen LogP) is 6.73. The van der Waals surface area contributed by atoms with Crippen molar-refractivity contribution in [2.24, 2.45) is 0 Å². The van der Waals surface area contributed by atoms with Crippen LogP contribution in [-0.4, -0.2) is 71.4 Å². The van der Waals surface area contributed by atoms with E-state index in [1.807, 2.05) is 51.4 Å². The minimum atomic E-state index is -0.518. The standard InChI is InChI=1S/C36H47ClN4O5/c1-25-20-28(21-26(2)41(25)17-16-40-18-19-45-33(24-40)27-10-9-11-30(42)22-27)31-13-12-29(37)23-32(31)34(43)38-14-7-6-8-15-39-35(44)46-36(3,4)5/h9-13,18-20,23-26H,6-8,14-17,21-22H2,1-5H3,(H,38,43)(H,39,44). The van der Waals surface area contributed by atoms with Gasteiger partial charge < -0.3 is 25.0 Å². The molecule has 0 radical (unpaired) electrons. The highest BCUT2D eigenvalue weighted by Gasteiger charge is 2.28. The maximum Gasteiger partial charge on any atom is 0.407 e. The second-order valence-electron chi connectivity index (χ2n) is 13.0.